The minimum Gasteiger partial charge on any atom is -0.497 e. The lowest BCUT2D eigenvalue weighted by Crippen LogP contribution is -2.51. The van der Waals surface area contributed by atoms with Crippen molar-refractivity contribution in [2.45, 2.75) is 45.4 Å². The van der Waals surface area contributed by atoms with Gasteiger partial charge in [0.25, 0.3) is 5.91 Å². The predicted molar refractivity (Wildman–Crippen MR) is 142 cm³/mol. The molecular weight excluding hydrogens is 474 g/mol. The third-order valence-electron chi connectivity index (χ3n) is 6.15. The first-order chi connectivity index (χ1) is 17.0. The molecule has 1 aliphatic rings. The fourth-order valence-corrected chi connectivity index (χ4v) is 5.27. The standard InChI is InChI=1S/C28H31N3O4S/c1-27(2,3)35-26(33)29-25-30(5)24(32)21-10-7-8-11-22(21)28(4,23-12-9-17-36-23)31(25)18-19-13-15-20(34-6)16-14-19/h7-17H,18H2,1-6H3. The highest BCUT2D eigenvalue weighted by molar-refractivity contribution is 7.10. The summed E-state index contributed by atoms with van der Waals surface area (Å²) in [6.45, 7) is 7.81. The fourth-order valence-electron chi connectivity index (χ4n) is 4.36. The van der Waals surface area contributed by atoms with E-state index in [1.165, 1.54) is 4.90 Å². The smallest absolute Gasteiger partial charge is 0.437 e. The number of rotatable bonds is 4. The molecule has 2 heterocycles. The molecule has 0 saturated carbocycles. The average molecular weight is 506 g/mol. The van der Waals surface area contributed by atoms with Crippen molar-refractivity contribution in [3.63, 3.8) is 0 Å². The summed E-state index contributed by atoms with van der Waals surface area (Å²) in [6, 6.07) is 19.3. The van der Waals surface area contributed by atoms with Crippen LogP contribution < -0.4 is 4.74 Å². The number of thiophene rings is 1. The van der Waals surface area contributed by atoms with Crippen LogP contribution in [0.25, 0.3) is 0 Å². The molecule has 1 atom stereocenters. The van der Waals surface area contributed by atoms with Crippen LogP contribution >= 0.6 is 11.3 Å². The van der Waals surface area contributed by atoms with E-state index in [2.05, 4.69) is 11.9 Å². The van der Waals surface area contributed by atoms with Gasteiger partial charge in [0.1, 0.15) is 16.9 Å². The lowest BCUT2D eigenvalue weighted by molar-refractivity contribution is 0.0595. The van der Waals surface area contributed by atoms with Gasteiger partial charge >= 0.3 is 6.09 Å². The quantitative estimate of drug-likeness (QED) is 0.442. The van der Waals surface area contributed by atoms with Crippen molar-refractivity contribution in [2.24, 2.45) is 4.99 Å². The topological polar surface area (TPSA) is 71.4 Å². The number of nitrogens with zero attached hydrogens (tertiary/aromatic N) is 3. The van der Waals surface area contributed by atoms with E-state index >= 15 is 0 Å². The summed E-state index contributed by atoms with van der Waals surface area (Å²) in [4.78, 5) is 35.5. The molecule has 0 spiro atoms. The molecule has 1 unspecified atom stereocenters. The van der Waals surface area contributed by atoms with Crippen molar-refractivity contribution in [1.29, 1.82) is 0 Å². The zero-order valence-electron chi connectivity index (χ0n) is 21.4. The molecule has 2 aromatic carbocycles. The molecule has 0 saturated heterocycles. The summed E-state index contributed by atoms with van der Waals surface area (Å²) in [6.07, 6.45) is -0.753. The largest absolute Gasteiger partial charge is 0.497 e. The molecule has 36 heavy (non-hydrogen) atoms. The van der Waals surface area contributed by atoms with Crippen LogP contribution in [0.1, 0.15) is 54.1 Å². The Morgan fingerprint density at radius 3 is 2.36 bits per heavy atom. The monoisotopic (exact) mass is 505 g/mol. The van der Waals surface area contributed by atoms with Crippen LogP contribution in [0.2, 0.25) is 0 Å². The van der Waals surface area contributed by atoms with E-state index < -0.39 is 17.2 Å². The van der Waals surface area contributed by atoms with Gasteiger partial charge in [-0.25, -0.2) is 4.79 Å². The van der Waals surface area contributed by atoms with Crippen LogP contribution in [0, 0.1) is 0 Å². The number of aliphatic imine (C=N–C) groups is 1. The average Bonchev–Trinajstić information content (AvgIpc) is 3.38. The number of carbonyl (C=O) groups is 2. The normalized spacial score (nSPS) is 19.2. The molecule has 0 radical (unpaired) electrons. The van der Waals surface area contributed by atoms with E-state index in [0.29, 0.717) is 12.1 Å². The van der Waals surface area contributed by atoms with Gasteiger partial charge in [0.2, 0.25) is 5.96 Å². The number of amides is 2. The van der Waals surface area contributed by atoms with Crippen LogP contribution in [0.15, 0.2) is 71.0 Å². The molecule has 8 heteroatoms. The van der Waals surface area contributed by atoms with Crippen LogP contribution in [0.3, 0.4) is 0 Å². The fraction of sp³-hybridized carbons (Fsp3) is 0.321. The molecule has 4 rings (SSSR count). The molecule has 0 bridgehead atoms. The Labute approximate surface area is 216 Å². The van der Waals surface area contributed by atoms with E-state index in [9.17, 15) is 9.59 Å². The molecule has 1 aromatic heterocycles. The summed E-state index contributed by atoms with van der Waals surface area (Å²) in [5.74, 6) is 0.723. The molecule has 2 amide bonds. The Balaban J connectivity index is 1.96. The number of hydrogen-bond acceptors (Lipinski definition) is 5. The summed E-state index contributed by atoms with van der Waals surface area (Å²) >= 11 is 1.59. The van der Waals surface area contributed by atoms with Crippen molar-refractivity contribution >= 4 is 29.3 Å². The van der Waals surface area contributed by atoms with E-state index in [-0.39, 0.29) is 11.9 Å². The Kier molecular flexibility index (Phi) is 6.91. The van der Waals surface area contributed by atoms with Crippen molar-refractivity contribution < 1.29 is 19.1 Å². The number of fused-ring (bicyclic) bond motifs is 1. The number of methoxy groups -OCH3 is 1. The molecule has 0 fully saturated rings. The number of ether oxygens (including phenoxy) is 2. The highest BCUT2D eigenvalue weighted by Gasteiger charge is 2.46. The third kappa shape index (κ3) is 4.86. The zero-order valence-corrected chi connectivity index (χ0v) is 22.3. The van der Waals surface area contributed by atoms with Crippen LogP contribution in [0.5, 0.6) is 5.75 Å². The maximum Gasteiger partial charge on any atom is 0.437 e. The molecular formula is C28H31N3O4S. The maximum atomic E-state index is 13.7. The first-order valence-corrected chi connectivity index (χ1v) is 12.6. The molecule has 188 valence electrons. The van der Waals surface area contributed by atoms with Gasteiger partial charge in [-0.05, 0) is 68.5 Å². The van der Waals surface area contributed by atoms with E-state index in [4.69, 9.17) is 9.47 Å². The molecule has 0 aliphatic carbocycles. The van der Waals surface area contributed by atoms with E-state index in [0.717, 1.165) is 21.8 Å². The van der Waals surface area contributed by atoms with Gasteiger partial charge in [-0.15, -0.1) is 16.3 Å². The van der Waals surface area contributed by atoms with Gasteiger partial charge in [-0.2, -0.15) is 0 Å². The van der Waals surface area contributed by atoms with Gasteiger partial charge in [-0.1, -0.05) is 36.4 Å². The van der Waals surface area contributed by atoms with Crippen molar-refractivity contribution in [2.75, 3.05) is 14.2 Å². The zero-order chi connectivity index (χ0) is 26.1. The van der Waals surface area contributed by atoms with Crippen molar-refractivity contribution in [1.82, 2.24) is 9.80 Å². The Bertz CT molecular complexity index is 1280. The third-order valence-corrected chi connectivity index (χ3v) is 7.23. The molecule has 7 nitrogen and oxygen atoms in total. The first kappa shape index (κ1) is 25.4. The van der Waals surface area contributed by atoms with Gasteiger partial charge in [0, 0.05) is 24.0 Å². The second-order valence-electron chi connectivity index (χ2n) is 9.79. The van der Waals surface area contributed by atoms with Crippen LogP contribution in [0.4, 0.5) is 4.79 Å². The lowest BCUT2D eigenvalue weighted by atomic mass is 9.85. The lowest BCUT2D eigenvalue weighted by Gasteiger charge is -2.42. The molecule has 3 aromatic rings. The minimum absolute atomic E-state index is 0.220. The van der Waals surface area contributed by atoms with Crippen LogP contribution in [-0.2, 0) is 16.8 Å². The summed E-state index contributed by atoms with van der Waals surface area (Å²) in [5.41, 5.74) is 0.842. The Hall–Kier alpha value is -3.65. The Morgan fingerprint density at radius 2 is 1.75 bits per heavy atom. The number of carbonyl (C=O) groups excluding carboxylic acids is 2. The Morgan fingerprint density at radius 1 is 1.06 bits per heavy atom. The second kappa shape index (κ2) is 9.78. The number of hydrogen-bond donors (Lipinski definition) is 0. The highest BCUT2D eigenvalue weighted by Crippen LogP contribution is 2.43. The molecule has 0 N–H and O–H groups in total. The van der Waals surface area contributed by atoms with Gasteiger partial charge in [-0.3, -0.25) is 9.69 Å². The maximum absolute atomic E-state index is 13.7. The summed E-state index contributed by atoms with van der Waals surface area (Å²) in [7, 11) is 3.27. The second-order valence-corrected chi connectivity index (χ2v) is 10.7. The van der Waals surface area contributed by atoms with E-state index in [1.54, 1.807) is 46.3 Å². The molecule has 1 aliphatic heterocycles. The van der Waals surface area contributed by atoms with Gasteiger partial charge in [0.15, 0.2) is 0 Å². The summed E-state index contributed by atoms with van der Waals surface area (Å²) in [5, 5.41) is 2.01. The first-order valence-electron chi connectivity index (χ1n) is 11.7. The highest BCUT2D eigenvalue weighted by atomic mass is 32.1. The van der Waals surface area contributed by atoms with Gasteiger partial charge < -0.3 is 14.4 Å². The summed E-state index contributed by atoms with van der Waals surface area (Å²) < 4.78 is 10.9. The van der Waals surface area contributed by atoms with Crippen LogP contribution in [-0.4, -0.2) is 47.5 Å². The van der Waals surface area contributed by atoms with Crippen molar-refractivity contribution in [3.05, 3.63) is 87.6 Å². The number of guanidine groups is 1. The minimum atomic E-state index is -0.800. The van der Waals surface area contributed by atoms with E-state index in [1.807, 2.05) is 70.9 Å². The predicted octanol–water partition coefficient (Wildman–Crippen LogP) is 5.90. The number of benzene rings is 2. The van der Waals surface area contributed by atoms with Crippen molar-refractivity contribution in [3.8, 4) is 5.75 Å². The SMILES string of the molecule is COc1ccc(CN2C(=NC(=O)OC(C)(C)C)N(C)C(=O)c3ccccc3C2(C)c2cccs2)cc1. The van der Waals surface area contributed by atoms with Gasteiger partial charge in [0.05, 0.1) is 7.11 Å².